The third-order valence-electron chi connectivity index (χ3n) is 4.97. The van der Waals surface area contributed by atoms with Gasteiger partial charge in [0.05, 0.1) is 15.5 Å². The first-order valence-electron chi connectivity index (χ1n) is 9.70. The SMILES string of the molecule is CCN(CC)CCCNC(=O)c1cc(S(=O)(=O)N2CCCCC2)ccc1Cl. The molecule has 0 bridgehead atoms. The van der Waals surface area contributed by atoms with E-state index in [-0.39, 0.29) is 21.4 Å². The van der Waals surface area contributed by atoms with Crippen molar-refractivity contribution in [3.05, 3.63) is 28.8 Å². The van der Waals surface area contributed by atoms with E-state index in [2.05, 4.69) is 24.1 Å². The second kappa shape index (κ2) is 10.4. The van der Waals surface area contributed by atoms with Crippen LogP contribution in [0.2, 0.25) is 5.02 Å². The molecule has 1 aromatic carbocycles. The lowest BCUT2D eigenvalue weighted by Crippen LogP contribution is -2.35. The molecule has 152 valence electrons. The molecule has 1 aliphatic heterocycles. The lowest BCUT2D eigenvalue weighted by Gasteiger charge is -2.26. The summed E-state index contributed by atoms with van der Waals surface area (Å²) in [5.41, 5.74) is 0.206. The number of carbonyl (C=O) groups is 1. The van der Waals surface area contributed by atoms with Crippen LogP contribution in [0.4, 0.5) is 0 Å². The summed E-state index contributed by atoms with van der Waals surface area (Å²) in [6.45, 7) is 8.65. The number of piperidine rings is 1. The van der Waals surface area contributed by atoms with Crippen LogP contribution < -0.4 is 5.32 Å². The molecule has 1 N–H and O–H groups in total. The Hall–Kier alpha value is -1.15. The summed E-state index contributed by atoms with van der Waals surface area (Å²) in [5, 5.41) is 3.10. The van der Waals surface area contributed by atoms with E-state index in [1.807, 2.05) is 0 Å². The summed E-state index contributed by atoms with van der Waals surface area (Å²) in [6.07, 6.45) is 3.62. The van der Waals surface area contributed by atoms with E-state index in [1.54, 1.807) is 0 Å². The van der Waals surface area contributed by atoms with E-state index in [0.29, 0.717) is 19.6 Å². The average Bonchev–Trinajstić information content (AvgIpc) is 2.68. The van der Waals surface area contributed by atoms with E-state index in [4.69, 9.17) is 11.6 Å². The summed E-state index contributed by atoms with van der Waals surface area (Å²) in [5.74, 6) is -0.338. The summed E-state index contributed by atoms with van der Waals surface area (Å²) in [7, 11) is -3.59. The van der Waals surface area contributed by atoms with Gasteiger partial charge in [0.15, 0.2) is 0 Å². The number of nitrogens with zero attached hydrogens (tertiary/aromatic N) is 2. The Morgan fingerprint density at radius 1 is 1.19 bits per heavy atom. The summed E-state index contributed by atoms with van der Waals surface area (Å²) >= 11 is 6.16. The summed E-state index contributed by atoms with van der Waals surface area (Å²) in [6, 6.07) is 4.36. The zero-order chi connectivity index (χ0) is 19.9. The maximum atomic E-state index is 12.8. The molecule has 8 heteroatoms. The van der Waals surface area contributed by atoms with Crippen molar-refractivity contribution in [3.63, 3.8) is 0 Å². The van der Waals surface area contributed by atoms with Crippen LogP contribution in [0.5, 0.6) is 0 Å². The van der Waals surface area contributed by atoms with Gasteiger partial charge in [0.25, 0.3) is 5.91 Å². The number of nitrogens with one attached hydrogen (secondary N) is 1. The van der Waals surface area contributed by atoms with Gasteiger partial charge in [-0.1, -0.05) is 31.9 Å². The van der Waals surface area contributed by atoms with Gasteiger partial charge in [0, 0.05) is 19.6 Å². The third-order valence-corrected chi connectivity index (χ3v) is 7.19. The highest BCUT2D eigenvalue weighted by atomic mass is 35.5. The Kier molecular flexibility index (Phi) is 8.54. The molecule has 1 saturated heterocycles. The standard InChI is InChI=1S/C19H30ClN3O3S/c1-3-22(4-2)12-8-11-21-19(24)17-15-16(9-10-18(17)20)27(25,26)23-13-6-5-7-14-23/h9-10,15H,3-8,11-14H2,1-2H3,(H,21,24). The molecule has 1 heterocycles. The first kappa shape index (κ1) is 22.1. The van der Waals surface area contributed by atoms with Gasteiger partial charge >= 0.3 is 0 Å². The third kappa shape index (κ3) is 5.91. The normalized spacial score (nSPS) is 15.9. The van der Waals surface area contributed by atoms with E-state index in [0.717, 1.165) is 45.3 Å². The molecule has 0 unspecified atom stereocenters. The van der Waals surface area contributed by atoms with Crippen molar-refractivity contribution in [1.29, 1.82) is 0 Å². The number of benzene rings is 1. The minimum atomic E-state index is -3.59. The highest BCUT2D eigenvalue weighted by molar-refractivity contribution is 7.89. The van der Waals surface area contributed by atoms with Crippen molar-refractivity contribution >= 4 is 27.5 Å². The van der Waals surface area contributed by atoms with Gasteiger partial charge in [-0.05, 0) is 57.1 Å². The lowest BCUT2D eigenvalue weighted by molar-refractivity contribution is 0.0951. The van der Waals surface area contributed by atoms with Gasteiger partial charge in [0.2, 0.25) is 10.0 Å². The highest BCUT2D eigenvalue weighted by Gasteiger charge is 2.27. The fourth-order valence-corrected chi connectivity index (χ4v) is 4.98. The van der Waals surface area contributed by atoms with E-state index < -0.39 is 10.0 Å². The van der Waals surface area contributed by atoms with Crippen LogP contribution in [0, 0.1) is 0 Å². The molecule has 0 spiro atoms. The number of halogens is 1. The fraction of sp³-hybridized carbons (Fsp3) is 0.632. The van der Waals surface area contributed by atoms with Crippen LogP contribution in [0.25, 0.3) is 0 Å². The van der Waals surface area contributed by atoms with Gasteiger partial charge in [-0.3, -0.25) is 4.79 Å². The molecule has 1 aliphatic rings. The van der Waals surface area contributed by atoms with Crippen molar-refractivity contribution in [1.82, 2.24) is 14.5 Å². The van der Waals surface area contributed by atoms with Crippen molar-refractivity contribution < 1.29 is 13.2 Å². The molecule has 0 saturated carbocycles. The second-order valence-corrected chi connectivity index (χ2v) is 9.09. The fourth-order valence-electron chi connectivity index (χ4n) is 3.23. The number of amides is 1. The van der Waals surface area contributed by atoms with Crippen LogP contribution in [0.15, 0.2) is 23.1 Å². The Labute approximate surface area is 167 Å². The Bertz CT molecular complexity index is 730. The van der Waals surface area contributed by atoms with Gasteiger partial charge in [-0.25, -0.2) is 8.42 Å². The van der Waals surface area contributed by atoms with Crippen LogP contribution in [-0.4, -0.2) is 62.8 Å². The molecule has 6 nitrogen and oxygen atoms in total. The van der Waals surface area contributed by atoms with Crippen LogP contribution >= 0.6 is 11.6 Å². The zero-order valence-electron chi connectivity index (χ0n) is 16.2. The lowest BCUT2D eigenvalue weighted by atomic mass is 10.2. The molecule has 0 atom stereocenters. The topological polar surface area (TPSA) is 69.7 Å². The van der Waals surface area contributed by atoms with Crippen molar-refractivity contribution in [3.8, 4) is 0 Å². The predicted octanol–water partition coefficient (Wildman–Crippen LogP) is 2.98. The van der Waals surface area contributed by atoms with Crippen molar-refractivity contribution in [2.24, 2.45) is 0 Å². The second-order valence-electron chi connectivity index (χ2n) is 6.74. The molecule has 0 aliphatic carbocycles. The highest BCUT2D eigenvalue weighted by Crippen LogP contribution is 2.25. The Balaban J connectivity index is 2.04. The van der Waals surface area contributed by atoms with Gasteiger partial charge < -0.3 is 10.2 Å². The monoisotopic (exact) mass is 415 g/mol. The first-order chi connectivity index (χ1) is 12.9. The maximum absolute atomic E-state index is 12.8. The van der Waals surface area contributed by atoms with Gasteiger partial charge in [-0.2, -0.15) is 4.31 Å². The average molecular weight is 416 g/mol. The Morgan fingerprint density at radius 2 is 1.85 bits per heavy atom. The predicted molar refractivity (Wildman–Crippen MR) is 109 cm³/mol. The van der Waals surface area contributed by atoms with Gasteiger partial charge in [-0.15, -0.1) is 0 Å². The van der Waals surface area contributed by atoms with Gasteiger partial charge in [0.1, 0.15) is 0 Å². The first-order valence-corrected chi connectivity index (χ1v) is 11.5. The van der Waals surface area contributed by atoms with Crippen molar-refractivity contribution in [2.45, 2.75) is 44.4 Å². The summed E-state index contributed by atoms with van der Waals surface area (Å²) in [4.78, 5) is 14.9. The van der Waals surface area contributed by atoms with E-state index in [9.17, 15) is 13.2 Å². The number of carbonyl (C=O) groups excluding carboxylic acids is 1. The molecule has 27 heavy (non-hydrogen) atoms. The molecule has 1 amide bonds. The molecule has 2 rings (SSSR count). The molecular weight excluding hydrogens is 386 g/mol. The zero-order valence-corrected chi connectivity index (χ0v) is 17.8. The Morgan fingerprint density at radius 3 is 2.48 bits per heavy atom. The van der Waals surface area contributed by atoms with Crippen LogP contribution in [0.3, 0.4) is 0 Å². The number of rotatable bonds is 9. The largest absolute Gasteiger partial charge is 0.352 e. The minimum Gasteiger partial charge on any atom is -0.352 e. The van der Waals surface area contributed by atoms with Crippen molar-refractivity contribution in [2.75, 3.05) is 39.3 Å². The molecule has 0 radical (unpaired) electrons. The summed E-state index contributed by atoms with van der Waals surface area (Å²) < 4.78 is 27.1. The van der Waals surface area contributed by atoms with Crippen LogP contribution in [-0.2, 0) is 10.0 Å². The number of hydrogen-bond donors (Lipinski definition) is 1. The maximum Gasteiger partial charge on any atom is 0.252 e. The smallest absolute Gasteiger partial charge is 0.252 e. The van der Waals surface area contributed by atoms with E-state index >= 15 is 0 Å². The van der Waals surface area contributed by atoms with E-state index in [1.165, 1.54) is 22.5 Å². The molecular formula is C19H30ClN3O3S. The van der Waals surface area contributed by atoms with Crippen LogP contribution in [0.1, 0.15) is 49.9 Å². The quantitative estimate of drug-likeness (QED) is 0.629. The minimum absolute atomic E-state index is 0.127. The molecule has 0 aromatic heterocycles. The number of hydrogen-bond acceptors (Lipinski definition) is 4. The molecule has 1 aromatic rings. The number of sulfonamides is 1. The molecule has 1 fully saturated rings.